The first kappa shape index (κ1) is 23.1. The molecule has 1 saturated heterocycles. The highest BCUT2D eigenvalue weighted by molar-refractivity contribution is 6.31. The van der Waals surface area contributed by atoms with Crippen LogP contribution in [0.4, 0.5) is 0 Å². The third kappa shape index (κ3) is 4.65. The van der Waals surface area contributed by atoms with Gasteiger partial charge in [-0.25, -0.2) is 0 Å². The van der Waals surface area contributed by atoms with Gasteiger partial charge in [-0.2, -0.15) is 0 Å². The molecule has 1 aliphatic carbocycles. The first-order valence-electron chi connectivity index (χ1n) is 12.4. The number of aromatic nitrogens is 3. The molecule has 34 heavy (non-hydrogen) atoms. The molecule has 1 aromatic carbocycles. The first-order chi connectivity index (χ1) is 16.5. The molecule has 2 aromatic rings. The summed E-state index contributed by atoms with van der Waals surface area (Å²) in [5, 5.41) is 8.78. The lowest BCUT2D eigenvalue weighted by Crippen LogP contribution is -2.48. The number of hydrogen-bond donors (Lipinski definition) is 0. The van der Waals surface area contributed by atoms with Gasteiger partial charge >= 0.3 is 0 Å². The van der Waals surface area contributed by atoms with E-state index in [0.29, 0.717) is 36.7 Å². The van der Waals surface area contributed by atoms with E-state index in [0.717, 1.165) is 55.5 Å². The maximum Gasteiger partial charge on any atom is 0.226 e. The Morgan fingerprint density at radius 1 is 1.15 bits per heavy atom. The largest absolute Gasteiger partial charge is 0.487 e. The molecule has 1 atom stereocenters. The van der Waals surface area contributed by atoms with Crippen molar-refractivity contribution in [3.63, 3.8) is 0 Å². The Labute approximate surface area is 205 Å². The van der Waals surface area contributed by atoms with Crippen LogP contribution in [0.25, 0.3) is 0 Å². The number of fused-ring (bicyclic) bond motifs is 1. The van der Waals surface area contributed by atoms with E-state index >= 15 is 0 Å². The number of halogens is 1. The minimum Gasteiger partial charge on any atom is -0.487 e. The van der Waals surface area contributed by atoms with Crippen molar-refractivity contribution in [1.82, 2.24) is 24.8 Å². The summed E-state index contributed by atoms with van der Waals surface area (Å²) in [6, 6.07) is 3.48. The molecule has 2 amide bonds. The Bertz CT molecular complexity index is 1060. The highest BCUT2D eigenvalue weighted by Gasteiger charge is 2.39. The number of ether oxygens (including phenoxy) is 1. The molecule has 5 rings (SSSR count). The predicted molar refractivity (Wildman–Crippen MR) is 127 cm³/mol. The Kier molecular flexibility index (Phi) is 6.77. The minimum atomic E-state index is -0.268. The third-order valence-corrected chi connectivity index (χ3v) is 7.75. The van der Waals surface area contributed by atoms with Gasteiger partial charge in [0.2, 0.25) is 11.8 Å². The van der Waals surface area contributed by atoms with Crippen molar-refractivity contribution in [2.45, 2.75) is 64.0 Å². The molecule has 2 fully saturated rings. The van der Waals surface area contributed by atoms with Gasteiger partial charge in [-0.3, -0.25) is 14.3 Å². The summed E-state index contributed by atoms with van der Waals surface area (Å²) in [7, 11) is 1.82. The normalized spacial score (nSPS) is 21.1. The lowest BCUT2D eigenvalue weighted by atomic mass is 9.85. The van der Waals surface area contributed by atoms with Gasteiger partial charge in [-0.1, -0.05) is 36.1 Å². The van der Waals surface area contributed by atoms with Crippen molar-refractivity contribution < 1.29 is 14.3 Å². The lowest BCUT2D eigenvalue weighted by molar-refractivity contribution is -0.141. The Morgan fingerprint density at radius 2 is 1.97 bits per heavy atom. The number of hydrogen-bond acceptors (Lipinski definition) is 5. The molecule has 3 aliphatic rings. The fourth-order valence-corrected chi connectivity index (χ4v) is 5.92. The van der Waals surface area contributed by atoms with E-state index in [4.69, 9.17) is 16.3 Å². The van der Waals surface area contributed by atoms with E-state index in [1.807, 2.05) is 35.2 Å². The van der Waals surface area contributed by atoms with Gasteiger partial charge in [0.25, 0.3) is 0 Å². The summed E-state index contributed by atoms with van der Waals surface area (Å²) in [6.45, 7) is 2.09. The van der Waals surface area contributed by atoms with Gasteiger partial charge in [-0.05, 0) is 43.4 Å². The molecule has 182 valence electrons. The number of amides is 2. The molecular formula is C25H32ClN5O3. The SMILES string of the molecule is Cn1cc(COc2ccc(Cl)c3c2[C@@H](CN2CCCC2=O)N(C(=O)C2CCCCC2)CC3)nn1. The molecule has 3 heterocycles. The van der Waals surface area contributed by atoms with Gasteiger partial charge < -0.3 is 14.5 Å². The van der Waals surface area contributed by atoms with E-state index in [9.17, 15) is 9.59 Å². The minimum absolute atomic E-state index is 0.0650. The van der Waals surface area contributed by atoms with Crippen molar-refractivity contribution in [3.05, 3.63) is 40.2 Å². The molecule has 0 unspecified atom stereocenters. The molecular weight excluding hydrogens is 454 g/mol. The number of rotatable bonds is 6. The van der Waals surface area contributed by atoms with Crippen molar-refractivity contribution >= 4 is 23.4 Å². The molecule has 0 spiro atoms. The fourth-order valence-electron chi connectivity index (χ4n) is 5.66. The molecule has 9 heteroatoms. The second-order valence-corrected chi connectivity index (χ2v) is 10.1. The average molecular weight is 486 g/mol. The standard InChI is InChI=1S/C25H32ClN5O3/c1-29-14-18(27-28-29)16-34-22-10-9-20(26)19-11-13-31(25(33)17-6-3-2-4-7-17)21(24(19)22)15-30-12-5-8-23(30)32/h9-10,14,17,21H,2-8,11-13,15-16H2,1H3/t21-/m1/s1. The first-order valence-corrected chi connectivity index (χ1v) is 12.8. The summed E-state index contributed by atoms with van der Waals surface area (Å²) in [5.41, 5.74) is 2.68. The van der Waals surface area contributed by atoms with E-state index in [1.165, 1.54) is 6.42 Å². The molecule has 0 bridgehead atoms. The van der Waals surface area contributed by atoms with Crippen LogP contribution in [0.1, 0.15) is 67.8 Å². The van der Waals surface area contributed by atoms with Crippen molar-refractivity contribution in [2.75, 3.05) is 19.6 Å². The monoisotopic (exact) mass is 485 g/mol. The van der Waals surface area contributed by atoms with Crippen molar-refractivity contribution in [3.8, 4) is 5.75 Å². The van der Waals surface area contributed by atoms with Crippen LogP contribution in [0.15, 0.2) is 18.3 Å². The summed E-state index contributed by atoms with van der Waals surface area (Å²) >= 11 is 6.66. The van der Waals surface area contributed by atoms with Crippen LogP contribution in [0.5, 0.6) is 5.75 Å². The quantitative estimate of drug-likeness (QED) is 0.623. The lowest BCUT2D eigenvalue weighted by Gasteiger charge is -2.42. The zero-order chi connectivity index (χ0) is 23.7. The topological polar surface area (TPSA) is 80.6 Å². The summed E-state index contributed by atoms with van der Waals surface area (Å²) in [4.78, 5) is 30.2. The zero-order valence-electron chi connectivity index (χ0n) is 19.7. The van der Waals surface area contributed by atoms with Gasteiger partial charge in [0.1, 0.15) is 18.1 Å². The molecule has 1 saturated carbocycles. The highest BCUT2D eigenvalue weighted by atomic mass is 35.5. The summed E-state index contributed by atoms with van der Waals surface area (Å²) in [6.07, 6.45) is 9.24. The molecule has 2 aliphatic heterocycles. The second kappa shape index (κ2) is 9.94. The predicted octanol–water partition coefficient (Wildman–Crippen LogP) is 3.68. The number of benzene rings is 1. The number of nitrogens with zero attached hydrogens (tertiary/aromatic N) is 5. The van der Waals surface area contributed by atoms with Gasteiger partial charge in [-0.15, -0.1) is 5.10 Å². The number of carbonyl (C=O) groups excluding carboxylic acids is 2. The molecule has 8 nitrogen and oxygen atoms in total. The molecule has 0 N–H and O–H groups in total. The van der Waals surface area contributed by atoms with E-state index in [-0.39, 0.29) is 30.4 Å². The Morgan fingerprint density at radius 3 is 2.68 bits per heavy atom. The molecule has 1 aromatic heterocycles. The van der Waals surface area contributed by atoms with Crippen LogP contribution in [0.2, 0.25) is 5.02 Å². The van der Waals surface area contributed by atoms with Gasteiger partial charge in [0.05, 0.1) is 12.2 Å². The van der Waals surface area contributed by atoms with Crippen LogP contribution in [-0.4, -0.2) is 56.2 Å². The van der Waals surface area contributed by atoms with Crippen LogP contribution in [0, 0.1) is 5.92 Å². The fraction of sp³-hybridized carbons (Fsp3) is 0.600. The summed E-state index contributed by atoms with van der Waals surface area (Å²) in [5.74, 6) is 1.13. The second-order valence-electron chi connectivity index (χ2n) is 9.69. The van der Waals surface area contributed by atoms with Crippen LogP contribution < -0.4 is 4.74 Å². The van der Waals surface area contributed by atoms with Crippen molar-refractivity contribution in [2.24, 2.45) is 13.0 Å². The van der Waals surface area contributed by atoms with E-state index in [2.05, 4.69) is 10.3 Å². The average Bonchev–Trinajstić information content (AvgIpc) is 3.46. The Balaban J connectivity index is 1.49. The maximum atomic E-state index is 13.7. The van der Waals surface area contributed by atoms with Crippen LogP contribution in [-0.2, 0) is 29.7 Å². The number of likely N-dealkylation sites (tertiary alicyclic amines) is 1. The van der Waals surface area contributed by atoms with E-state index < -0.39 is 0 Å². The van der Waals surface area contributed by atoms with E-state index in [1.54, 1.807) is 4.68 Å². The van der Waals surface area contributed by atoms with Crippen molar-refractivity contribution in [1.29, 1.82) is 0 Å². The third-order valence-electron chi connectivity index (χ3n) is 7.40. The summed E-state index contributed by atoms with van der Waals surface area (Å²) < 4.78 is 7.88. The van der Waals surface area contributed by atoms with Gasteiger partial charge in [0, 0.05) is 49.6 Å². The highest BCUT2D eigenvalue weighted by Crippen LogP contribution is 2.42. The van der Waals surface area contributed by atoms with Crippen LogP contribution in [0.3, 0.4) is 0 Å². The maximum absolute atomic E-state index is 13.7. The smallest absolute Gasteiger partial charge is 0.226 e. The van der Waals surface area contributed by atoms with Crippen LogP contribution >= 0.6 is 11.6 Å². The number of aryl methyl sites for hydroxylation is 1. The molecule has 0 radical (unpaired) electrons. The number of carbonyl (C=O) groups is 2. The Hall–Kier alpha value is -2.61. The van der Waals surface area contributed by atoms with Gasteiger partial charge in [0.15, 0.2) is 0 Å². The zero-order valence-corrected chi connectivity index (χ0v) is 20.5.